The van der Waals surface area contributed by atoms with E-state index in [9.17, 15) is 14.0 Å². The van der Waals surface area contributed by atoms with Crippen LogP contribution in [0.2, 0.25) is 0 Å². The minimum atomic E-state index is -1.88. The summed E-state index contributed by atoms with van der Waals surface area (Å²) in [7, 11) is 1.86. The predicted molar refractivity (Wildman–Crippen MR) is 159 cm³/mol. The Morgan fingerprint density at radius 2 is 1.46 bits per heavy atom. The largest absolute Gasteiger partial charge is 0.458 e. The van der Waals surface area contributed by atoms with Gasteiger partial charge in [-0.3, -0.25) is 4.79 Å². The highest BCUT2D eigenvalue weighted by Gasteiger charge is 2.47. The van der Waals surface area contributed by atoms with E-state index in [1.54, 1.807) is 13.8 Å². The second-order valence-electron chi connectivity index (χ2n) is 13.5. The van der Waals surface area contributed by atoms with E-state index in [1.807, 2.05) is 41.7 Å². The van der Waals surface area contributed by atoms with Crippen LogP contribution in [-0.2, 0) is 19.1 Å². The maximum absolute atomic E-state index is 14.2. The van der Waals surface area contributed by atoms with Crippen molar-refractivity contribution in [1.82, 2.24) is 5.32 Å². The molecule has 3 rings (SSSR count). The van der Waals surface area contributed by atoms with Gasteiger partial charge in [-0.15, -0.1) is 0 Å². The standard InChI is InChI=1S/C17H31NO2.C14H25FO2.C2H6/c1-5-9-17(3,18-4)15(19)20-16(2)11-13-7-6-8-14(10-13)12-16;1-10(2)13(5,15)12(16)17-14(11(3)4)8-6-7-9-14;1-2/h13-14,18H,5-12H2,1-4H3;10-11H,6-9H2,1-5H3;1-2H3. The Morgan fingerprint density at radius 1 is 0.949 bits per heavy atom. The van der Waals surface area contributed by atoms with E-state index in [0.29, 0.717) is 0 Å². The third kappa shape index (κ3) is 9.43. The van der Waals surface area contributed by atoms with E-state index in [0.717, 1.165) is 63.2 Å². The van der Waals surface area contributed by atoms with Crippen LogP contribution in [0.15, 0.2) is 0 Å². The topological polar surface area (TPSA) is 64.6 Å². The minimum absolute atomic E-state index is 0.0654. The molecule has 0 radical (unpaired) electrons. The highest BCUT2D eigenvalue weighted by molar-refractivity contribution is 5.81. The van der Waals surface area contributed by atoms with E-state index in [2.05, 4.69) is 19.2 Å². The van der Waals surface area contributed by atoms with Gasteiger partial charge in [0.1, 0.15) is 16.7 Å². The molecule has 4 unspecified atom stereocenters. The van der Waals surface area contributed by atoms with Gasteiger partial charge in [0.25, 0.3) is 0 Å². The molecule has 0 aromatic rings. The molecule has 230 valence electrons. The van der Waals surface area contributed by atoms with Gasteiger partial charge >= 0.3 is 11.9 Å². The summed E-state index contributed by atoms with van der Waals surface area (Å²) in [5.74, 6) is 0.671. The number of esters is 2. The first-order valence-electron chi connectivity index (χ1n) is 16.0. The van der Waals surface area contributed by atoms with Crippen LogP contribution in [-0.4, -0.2) is 41.4 Å². The first-order valence-corrected chi connectivity index (χ1v) is 16.0. The molecule has 0 saturated heterocycles. The van der Waals surface area contributed by atoms with Gasteiger partial charge in [0.2, 0.25) is 5.67 Å². The van der Waals surface area contributed by atoms with Crippen LogP contribution in [0.4, 0.5) is 4.39 Å². The Kier molecular flexibility index (Phi) is 13.9. The van der Waals surface area contributed by atoms with Gasteiger partial charge in [-0.05, 0) is 103 Å². The molecular weight excluding hydrogens is 493 g/mol. The molecule has 0 heterocycles. The van der Waals surface area contributed by atoms with Crippen molar-refractivity contribution in [1.29, 1.82) is 0 Å². The van der Waals surface area contributed by atoms with Crippen molar-refractivity contribution in [2.75, 3.05) is 7.05 Å². The summed E-state index contributed by atoms with van der Waals surface area (Å²) in [6, 6.07) is 0. The number of hydrogen-bond acceptors (Lipinski definition) is 5. The van der Waals surface area contributed by atoms with Crippen molar-refractivity contribution in [2.24, 2.45) is 23.7 Å². The van der Waals surface area contributed by atoms with Crippen LogP contribution >= 0.6 is 0 Å². The molecule has 4 atom stereocenters. The molecule has 3 fully saturated rings. The average molecular weight is 556 g/mol. The number of carbonyl (C=O) groups is 2. The highest BCUT2D eigenvalue weighted by Crippen LogP contribution is 2.46. The third-order valence-corrected chi connectivity index (χ3v) is 9.71. The van der Waals surface area contributed by atoms with Gasteiger partial charge < -0.3 is 14.8 Å². The molecule has 0 spiro atoms. The number of rotatable bonds is 9. The van der Waals surface area contributed by atoms with Gasteiger partial charge in [0, 0.05) is 0 Å². The fourth-order valence-electron chi connectivity index (χ4n) is 6.62. The Morgan fingerprint density at radius 3 is 1.87 bits per heavy atom. The van der Waals surface area contributed by atoms with E-state index in [-0.39, 0.29) is 23.4 Å². The van der Waals surface area contributed by atoms with Crippen LogP contribution in [0.25, 0.3) is 0 Å². The SMILES string of the molecule is CC.CC(C)C1(OC(=O)C(C)(F)C(C)C)CCCC1.CCCC(C)(NC)C(=O)OC1(C)CC2CCCC(C2)C1. The molecule has 0 aromatic carbocycles. The second-order valence-corrected chi connectivity index (χ2v) is 13.5. The van der Waals surface area contributed by atoms with Gasteiger partial charge in [-0.2, -0.15) is 0 Å². The Labute approximate surface area is 240 Å². The zero-order valence-corrected chi connectivity index (χ0v) is 27.3. The number of carbonyl (C=O) groups excluding carboxylic acids is 2. The van der Waals surface area contributed by atoms with Crippen molar-refractivity contribution < 1.29 is 23.5 Å². The van der Waals surface area contributed by atoms with Gasteiger partial charge in [-0.1, -0.05) is 74.1 Å². The molecule has 39 heavy (non-hydrogen) atoms. The fourth-order valence-corrected chi connectivity index (χ4v) is 6.62. The normalized spacial score (nSPS) is 28.7. The van der Waals surface area contributed by atoms with E-state index in [1.165, 1.54) is 32.6 Å². The number of ether oxygens (including phenoxy) is 2. The summed E-state index contributed by atoms with van der Waals surface area (Å²) >= 11 is 0. The molecule has 0 aliphatic heterocycles. The van der Waals surface area contributed by atoms with Crippen LogP contribution in [0, 0.1) is 23.7 Å². The van der Waals surface area contributed by atoms with Crippen LogP contribution < -0.4 is 5.32 Å². The number of likely N-dealkylation sites (N-methyl/N-ethyl adjacent to an activating group) is 1. The van der Waals surface area contributed by atoms with Gasteiger partial charge in [0.05, 0.1) is 0 Å². The zero-order valence-electron chi connectivity index (χ0n) is 27.3. The van der Waals surface area contributed by atoms with Crippen LogP contribution in [0.1, 0.15) is 146 Å². The Bertz CT molecular complexity index is 747. The third-order valence-electron chi connectivity index (χ3n) is 9.71. The quantitative estimate of drug-likeness (QED) is 0.289. The van der Waals surface area contributed by atoms with Crippen molar-refractivity contribution in [3.05, 3.63) is 0 Å². The molecule has 5 nitrogen and oxygen atoms in total. The molecule has 3 saturated carbocycles. The fraction of sp³-hybridized carbons (Fsp3) is 0.939. The predicted octanol–water partition coefficient (Wildman–Crippen LogP) is 8.58. The molecule has 3 aliphatic carbocycles. The number of alkyl halides is 1. The van der Waals surface area contributed by atoms with E-state index >= 15 is 0 Å². The smallest absolute Gasteiger partial charge is 0.344 e. The minimum Gasteiger partial charge on any atom is -0.458 e. The van der Waals surface area contributed by atoms with Crippen molar-refractivity contribution in [2.45, 2.75) is 169 Å². The maximum Gasteiger partial charge on any atom is 0.344 e. The summed E-state index contributed by atoms with van der Waals surface area (Å²) in [5.41, 5.74) is -3.09. The van der Waals surface area contributed by atoms with Gasteiger partial charge in [-0.25, -0.2) is 9.18 Å². The zero-order chi connectivity index (χ0) is 30.1. The Hall–Kier alpha value is -1.17. The summed E-state index contributed by atoms with van der Waals surface area (Å²) in [4.78, 5) is 24.6. The van der Waals surface area contributed by atoms with Crippen LogP contribution in [0.3, 0.4) is 0 Å². The van der Waals surface area contributed by atoms with Crippen molar-refractivity contribution in [3.63, 3.8) is 0 Å². The first-order chi connectivity index (χ1) is 18.1. The summed E-state index contributed by atoms with van der Waals surface area (Å²) in [5, 5.41) is 3.16. The van der Waals surface area contributed by atoms with Crippen molar-refractivity contribution in [3.8, 4) is 0 Å². The molecule has 3 aliphatic rings. The first kappa shape index (κ1) is 35.9. The molecule has 0 amide bonds. The summed E-state index contributed by atoms with van der Waals surface area (Å²) in [6.45, 7) is 19.0. The van der Waals surface area contributed by atoms with Gasteiger partial charge in [0.15, 0.2) is 0 Å². The Balaban J connectivity index is 0.000000371. The number of nitrogens with one attached hydrogen (secondary N) is 1. The van der Waals surface area contributed by atoms with E-state index < -0.39 is 22.8 Å². The summed E-state index contributed by atoms with van der Waals surface area (Å²) < 4.78 is 25.8. The molecular formula is C33H62FNO4. The lowest BCUT2D eigenvalue weighted by molar-refractivity contribution is -0.180. The van der Waals surface area contributed by atoms with Crippen molar-refractivity contribution >= 4 is 11.9 Å². The summed E-state index contributed by atoms with van der Waals surface area (Å²) in [6.07, 6.45) is 13.1. The lowest BCUT2D eigenvalue weighted by atomic mass is 9.66. The number of fused-ring (bicyclic) bond motifs is 2. The molecule has 1 N–H and O–H groups in total. The number of hydrogen-bond donors (Lipinski definition) is 1. The van der Waals surface area contributed by atoms with Crippen LogP contribution in [0.5, 0.6) is 0 Å². The second kappa shape index (κ2) is 15.2. The average Bonchev–Trinajstić information content (AvgIpc) is 3.35. The molecule has 2 bridgehead atoms. The maximum atomic E-state index is 14.2. The van der Waals surface area contributed by atoms with E-state index in [4.69, 9.17) is 9.47 Å². The molecule has 0 aromatic heterocycles. The monoisotopic (exact) mass is 555 g/mol. The highest BCUT2D eigenvalue weighted by atomic mass is 19.1. The lowest BCUT2D eigenvalue weighted by Crippen LogP contribution is -2.53. The number of halogens is 1. The lowest BCUT2D eigenvalue weighted by Gasteiger charge is -2.46. The molecule has 6 heteroatoms.